The molecule has 2 rings (SSSR count). The van der Waals surface area contributed by atoms with E-state index < -0.39 is 0 Å². The molecule has 38 valence electrons. The summed E-state index contributed by atoms with van der Waals surface area (Å²) in [5, 5.41) is 0. The molecule has 2 aliphatic rings. The van der Waals surface area contributed by atoms with Gasteiger partial charge in [-0.2, -0.15) is 0 Å². The molecule has 1 heterocycles. The summed E-state index contributed by atoms with van der Waals surface area (Å²) in [7, 11) is 2.18. The maximum Gasteiger partial charge on any atom is 0.0438 e. The largest absolute Gasteiger partial charge is 0.293 e. The maximum atomic E-state index is 2.39. The van der Waals surface area contributed by atoms with Crippen LogP contribution in [-0.2, 0) is 0 Å². The lowest BCUT2D eigenvalue weighted by Gasteiger charge is -1.87. The summed E-state index contributed by atoms with van der Waals surface area (Å²) < 4.78 is 0. The molecule has 0 amide bonds. The zero-order valence-corrected chi connectivity index (χ0v) is 4.46. The van der Waals surface area contributed by atoms with Crippen LogP contribution in [0.4, 0.5) is 0 Å². The molecule has 3 atom stereocenters. The van der Waals surface area contributed by atoms with Crippen LogP contribution in [0.1, 0.15) is 6.42 Å². The Bertz CT molecular complexity index is 117. The zero-order chi connectivity index (χ0) is 4.85. The quantitative estimate of drug-likeness (QED) is 0.315. The molecule has 0 aromatic carbocycles. The smallest absolute Gasteiger partial charge is 0.0438 e. The number of hydrogen-bond donors (Lipinski definition) is 0. The third kappa shape index (κ3) is 0.317. The first-order valence-corrected chi connectivity index (χ1v) is 2.78. The van der Waals surface area contributed by atoms with E-state index in [9.17, 15) is 0 Å². The van der Waals surface area contributed by atoms with Crippen LogP contribution < -0.4 is 0 Å². The van der Waals surface area contributed by atoms with Gasteiger partial charge in [0.05, 0.1) is 0 Å². The van der Waals surface area contributed by atoms with Gasteiger partial charge in [0, 0.05) is 12.1 Å². The van der Waals surface area contributed by atoms with Crippen LogP contribution in [0, 0.1) is 0 Å². The highest BCUT2D eigenvalue weighted by molar-refractivity contribution is 5.20. The first kappa shape index (κ1) is 3.67. The van der Waals surface area contributed by atoms with Gasteiger partial charge in [0.15, 0.2) is 0 Å². The Hall–Kier alpha value is -0.300. The van der Waals surface area contributed by atoms with Gasteiger partial charge < -0.3 is 0 Å². The van der Waals surface area contributed by atoms with Crippen LogP contribution in [0.2, 0.25) is 0 Å². The van der Waals surface area contributed by atoms with Crippen molar-refractivity contribution < 1.29 is 0 Å². The Labute approximate surface area is 43.6 Å². The van der Waals surface area contributed by atoms with Crippen molar-refractivity contribution in [3.05, 3.63) is 12.2 Å². The molecule has 1 heteroatoms. The minimum atomic E-state index is 0.833. The second kappa shape index (κ2) is 0.920. The lowest BCUT2D eigenvalue weighted by molar-refractivity contribution is 0.592. The van der Waals surface area contributed by atoms with Crippen LogP contribution in [0.5, 0.6) is 0 Å². The monoisotopic (exact) mass is 95.1 g/mol. The van der Waals surface area contributed by atoms with Gasteiger partial charge in [-0.3, -0.25) is 4.90 Å². The highest BCUT2D eigenvalue weighted by atomic mass is 15.3. The summed E-state index contributed by atoms with van der Waals surface area (Å²) in [5.74, 6) is 0. The number of rotatable bonds is 0. The van der Waals surface area contributed by atoms with Crippen LogP contribution in [0.25, 0.3) is 0 Å². The molecular formula is C6H9N. The third-order valence-corrected chi connectivity index (χ3v) is 2.01. The zero-order valence-electron chi connectivity index (χ0n) is 4.46. The Morgan fingerprint density at radius 1 is 1.71 bits per heavy atom. The summed E-state index contributed by atoms with van der Waals surface area (Å²) in [6.45, 7) is 0. The van der Waals surface area contributed by atoms with E-state index >= 15 is 0 Å². The number of fused-ring (bicyclic) bond motifs is 1. The lowest BCUT2D eigenvalue weighted by Crippen LogP contribution is -1.92. The maximum absolute atomic E-state index is 2.39. The first-order valence-electron chi connectivity index (χ1n) is 2.78. The Morgan fingerprint density at radius 2 is 2.57 bits per heavy atom. The molecule has 1 aliphatic carbocycles. The van der Waals surface area contributed by atoms with Gasteiger partial charge >= 0.3 is 0 Å². The Kier molecular flexibility index (Phi) is 0.482. The molecular weight excluding hydrogens is 86.1 g/mol. The third-order valence-electron chi connectivity index (χ3n) is 2.01. The van der Waals surface area contributed by atoms with Crippen molar-refractivity contribution in [1.29, 1.82) is 0 Å². The average Bonchev–Trinajstić information content (AvgIpc) is 2.26. The topological polar surface area (TPSA) is 3.01 Å². The van der Waals surface area contributed by atoms with Crippen molar-refractivity contribution in [3.63, 3.8) is 0 Å². The van der Waals surface area contributed by atoms with E-state index in [0.717, 1.165) is 12.1 Å². The first-order chi connectivity index (χ1) is 3.39. The van der Waals surface area contributed by atoms with E-state index in [2.05, 4.69) is 24.1 Å². The van der Waals surface area contributed by atoms with E-state index in [1.165, 1.54) is 6.42 Å². The SMILES string of the molecule is CN1C2C=CCC21. The van der Waals surface area contributed by atoms with Gasteiger partial charge in [0.25, 0.3) is 0 Å². The van der Waals surface area contributed by atoms with Crippen LogP contribution >= 0.6 is 0 Å². The van der Waals surface area contributed by atoms with Crippen molar-refractivity contribution in [3.8, 4) is 0 Å². The van der Waals surface area contributed by atoms with E-state index in [0.29, 0.717) is 0 Å². The molecule has 1 aliphatic heterocycles. The molecule has 7 heavy (non-hydrogen) atoms. The fourth-order valence-electron chi connectivity index (χ4n) is 1.36. The molecule has 0 N–H and O–H groups in total. The normalized spacial score (nSPS) is 54.7. The van der Waals surface area contributed by atoms with E-state index in [1.54, 1.807) is 0 Å². The second-order valence-electron chi connectivity index (χ2n) is 2.39. The summed E-state index contributed by atoms with van der Waals surface area (Å²) in [6.07, 6.45) is 5.86. The van der Waals surface area contributed by atoms with Crippen LogP contribution in [0.15, 0.2) is 12.2 Å². The summed E-state index contributed by atoms with van der Waals surface area (Å²) >= 11 is 0. The highest BCUT2D eigenvalue weighted by Crippen LogP contribution is 2.34. The summed E-state index contributed by atoms with van der Waals surface area (Å²) in [6, 6.07) is 1.74. The van der Waals surface area contributed by atoms with Crippen molar-refractivity contribution in [2.45, 2.75) is 18.5 Å². The molecule has 0 bridgehead atoms. The predicted octanol–water partition coefficient (Wildman–Crippen LogP) is 0.629. The van der Waals surface area contributed by atoms with Crippen molar-refractivity contribution >= 4 is 0 Å². The number of nitrogens with zero attached hydrogens (tertiary/aromatic N) is 1. The van der Waals surface area contributed by atoms with Crippen molar-refractivity contribution in [1.82, 2.24) is 4.90 Å². The second-order valence-corrected chi connectivity index (χ2v) is 2.39. The number of likely N-dealkylation sites (N-methyl/N-ethyl adjacent to an activating group) is 1. The minimum absolute atomic E-state index is 0.833. The standard InChI is InChI=1S/C6H9N/c1-7-5-3-2-4-6(5)7/h2-3,5-6H,4H2,1H3. The van der Waals surface area contributed by atoms with E-state index in [-0.39, 0.29) is 0 Å². The van der Waals surface area contributed by atoms with Gasteiger partial charge in [-0.25, -0.2) is 0 Å². The molecule has 3 unspecified atom stereocenters. The molecule has 1 saturated heterocycles. The van der Waals surface area contributed by atoms with Crippen LogP contribution in [-0.4, -0.2) is 24.0 Å². The molecule has 0 spiro atoms. The molecule has 0 saturated carbocycles. The predicted molar refractivity (Wildman–Crippen MR) is 29.1 cm³/mol. The molecule has 0 aromatic heterocycles. The molecule has 1 nitrogen and oxygen atoms in total. The van der Waals surface area contributed by atoms with Gasteiger partial charge in [-0.05, 0) is 13.5 Å². The van der Waals surface area contributed by atoms with Gasteiger partial charge in [0.2, 0.25) is 0 Å². The fourth-order valence-corrected chi connectivity index (χ4v) is 1.36. The minimum Gasteiger partial charge on any atom is -0.293 e. The van der Waals surface area contributed by atoms with Gasteiger partial charge in [0.1, 0.15) is 0 Å². The number of hydrogen-bond acceptors (Lipinski definition) is 1. The summed E-state index contributed by atoms with van der Waals surface area (Å²) in [4.78, 5) is 2.39. The lowest BCUT2D eigenvalue weighted by atomic mass is 10.4. The van der Waals surface area contributed by atoms with Crippen LogP contribution in [0.3, 0.4) is 0 Å². The molecule has 0 radical (unpaired) electrons. The van der Waals surface area contributed by atoms with Gasteiger partial charge in [-0.15, -0.1) is 0 Å². The molecule has 1 fully saturated rings. The Balaban J connectivity index is 2.18. The van der Waals surface area contributed by atoms with Crippen molar-refractivity contribution in [2.24, 2.45) is 0 Å². The van der Waals surface area contributed by atoms with Crippen molar-refractivity contribution in [2.75, 3.05) is 7.05 Å². The summed E-state index contributed by atoms with van der Waals surface area (Å²) in [5.41, 5.74) is 0. The molecule has 0 aromatic rings. The Morgan fingerprint density at radius 3 is 2.86 bits per heavy atom. The fraction of sp³-hybridized carbons (Fsp3) is 0.667. The average molecular weight is 95.1 g/mol. The van der Waals surface area contributed by atoms with E-state index in [1.807, 2.05) is 0 Å². The highest BCUT2D eigenvalue weighted by Gasteiger charge is 2.43. The van der Waals surface area contributed by atoms with E-state index in [4.69, 9.17) is 0 Å². The van der Waals surface area contributed by atoms with Gasteiger partial charge in [-0.1, -0.05) is 12.2 Å².